The number of carbonyl (C=O) groups is 1. The van der Waals surface area contributed by atoms with E-state index in [4.69, 9.17) is 5.73 Å². The summed E-state index contributed by atoms with van der Waals surface area (Å²) < 4.78 is 1.11. The summed E-state index contributed by atoms with van der Waals surface area (Å²) >= 11 is 3.54. The van der Waals surface area contributed by atoms with E-state index < -0.39 is 0 Å². The lowest BCUT2D eigenvalue weighted by Crippen LogP contribution is -2.32. The van der Waals surface area contributed by atoms with Gasteiger partial charge in [-0.05, 0) is 31.6 Å². The number of halogens is 1. The molecule has 0 spiro atoms. The fourth-order valence-electron chi connectivity index (χ4n) is 1.93. The molecule has 0 saturated carbocycles. The fraction of sp³-hybridized carbons (Fsp3) is 0.533. The van der Waals surface area contributed by atoms with Gasteiger partial charge in [0.15, 0.2) is 0 Å². The van der Waals surface area contributed by atoms with Crippen molar-refractivity contribution >= 4 is 21.8 Å². The Hall–Kier alpha value is -0.910. The number of benzene rings is 1. The van der Waals surface area contributed by atoms with Crippen molar-refractivity contribution in [3.63, 3.8) is 0 Å². The predicted molar refractivity (Wildman–Crippen MR) is 86.4 cm³/mol. The first kappa shape index (κ1) is 17.1. The lowest BCUT2D eigenvalue weighted by Gasteiger charge is -2.20. The minimum atomic E-state index is 0.178. The van der Waals surface area contributed by atoms with E-state index in [1.807, 2.05) is 32.3 Å². The number of rotatable bonds is 8. The molecule has 20 heavy (non-hydrogen) atoms. The van der Waals surface area contributed by atoms with Crippen LogP contribution in [-0.2, 0) is 11.3 Å². The van der Waals surface area contributed by atoms with Gasteiger partial charge in [0.25, 0.3) is 0 Å². The first-order chi connectivity index (χ1) is 9.54. The molecule has 0 bridgehead atoms. The van der Waals surface area contributed by atoms with Gasteiger partial charge in [0.1, 0.15) is 0 Å². The maximum atomic E-state index is 11.9. The van der Waals surface area contributed by atoms with Crippen LogP contribution in [0.3, 0.4) is 0 Å². The van der Waals surface area contributed by atoms with E-state index in [-0.39, 0.29) is 5.91 Å². The Labute approximate surface area is 130 Å². The van der Waals surface area contributed by atoms with Gasteiger partial charge in [-0.1, -0.05) is 34.1 Å². The highest BCUT2D eigenvalue weighted by molar-refractivity contribution is 9.10. The lowest BCUT2D eigenvalue weighted by atomic mass is 10.2. The van der Waals surface area contributed by atoms with Crippen molar-refractivity contribution < 1.29 is 4.79 Å². The third kappa shape index (κ3) is 6.03. The second-order valence-electron chi connectivity index (χ2n) is 5.04. The Kier molecular flexibility index (Phi) is 7.80. The van der Waals surface area contributed by atoms with Crippen molar-refractivity contribution in [3.8, 4) is 0 Å². The number of hydrogen-bond donors (Lipinski definition) is 1. The Bertz CT molecular complexity index is 425. The molecule has 0 fully saturated rings. The second-order valence-corrected chi connectivity index (χ2v) is 5.89. The van der Waals surface area contributed by atoms with Crippen molar-refractivity contribution in [2.45, 2.75) is 19.4 Å². The van der Waals surface area contributed by atoms with Crippen LogP contribution in [0.15, 0.2) is 28.7 Å². The number of nitrogens with two attached hydrogens (primary N) is 1. The molecule has 0 heterocycles. The number of carbonyl (C=O) groups excluding carboxylic acids is 1. The molecule has 0 atom stereocenters. The summed E-state index contributed by atoms with van der Waals surface area (Å²) in [4.78, 5) is 15.8. The highest BCUT2D eigenvalue weighted by Gasteiger charge is 2.10. The maximum absolute atomic E-state index is 11.9. The molecule has 0 unspecified atom stereocenters. The van der Waals surface area contributed by atoms with Gasteiger partial charge in [-0.2, -0.15) is 0 Å². The largest absolute Gasteiger partial charge is 0.346 e. The van der Waals surface area contributed by atoms with E-state index in [0.29, 0.717) is 13.0 Å². The van der Waals surface area contributed by atoms with E-state index in [2.05, 4.69) is 26.9 Å². The van der Waals surface area contributed by atoms with Gasteiger partial charge in [0.2, 0.25) is 5.91 Å². The SMILES string of the molecule is CN(CCC(=O)N(C)CCCN)Cc1ccccc1Br. The minimum Gasteiger partial charge on any atom is -0.346 e. The van der Waals surface area contributed by atoms with Gasteiger partial charge in [0.05, 0.1) is 0 Å². The minimum absolute atomic E-state index is 0.178. The zero-order valence-electron chi connectivity index (χ0n) is 12.3. The molecule has 0 aliphatic heterocycles. The van der Waals surface area contributed by atoms with Gasteiger partial charge in [-0.15, -0.1) is 0 Å². The van der Waals surface area contributed by atoms with E-state index in [9.17, 15) is 4.79 Å². The molecule has 0 saturated heterocycles. The summed E-state index contributed by atoms with van der Waals surface area (Å²) in [5.74, 6) is 0.178. The molecular weight excluding hydrogens is 318 g/mol. The molecule has 0 aliphatic rings. The number of amides is 1. The van der Waals surface area contributed by atoms with Gasteiger partial charge in [-0.3, -0.25) is 4.79 Å². The van der Waals surface area contributed by atoms with Crippen molar-refractivity contribution in [1.82, 2.24) is 9.80 Å². The summed E-state index contributed by atoms with van der Waals surface area (Å²) in [5.41, 5.74) is 6.68. The molecule has 0 aromatic heterocycles. The van der Waals surface area contributed by atoms with Crippen molar-refractivity contribution in [3.05, 3.63) is 34.3 Å². The standard InChI is InChI=1S/C15H24BrN3O/c1-18(12-13-6-3-4-7-14(13)16)11-8-15(20)19(2)10-5-9-17/h3-4,6-7H,5,8-12,17H2,1-2H3. The monoisotopic (exact) mass is 341 g/mol. The quantitative estimate of drug-likeness (QED) is 0.787. The van der Waals surface area contributed by atoms with Gasteiger partial charge in [-0.25, -0.2) is 0 Å². The highest BCUT2D eigenvalue weighted by atomic mass is 79.9. The molecule has 5 heteroatoms. The topological polar surface area (TPSA) is 49.6 Å². The molecule has 2 N–H and O–H groups in total. The van der Waals surface area contributed by atoms with Gasteiger partial charge < -0.3 is 15.5 Å². The third-order valence-corrected chi connectivity index (χ3v) is 4.00. The predicted octanol–water partition coefficient (Wildman–Crippen LogP) is 2.08. The van der Waals surface area contributed by atoms with Crippen molar-refractivity contribution in [2.75, 3.05) is 33.7 Å². The van der Waals surface area contributed by atoms with E-state index in [1.54, 1.807) is 4.90 Å². The van der Waals surface area contributed by atoms with Gasteiger partial charge >= 0.3 is 0 Å². The first-order valence-electron chi connectivity index (χ1n) is 6.90. The molecule has 0 radical (unpaired) electrons. The molecule has 1 aromatic rings. The van der Waals surface area contributed by atoms with Crippen LogP contribution in [0.1, 0.15) is 18.4 Å². The average molecular weight is 342 g/mol. The van der Waals surface area contributed by atoms with Crippen LogP contribution in [-0.4, -0.2) is 49.4 Å². The highest BCUT2D eigenvalue weighted by Crippen LogP contribution is 2.17. The second kappa shape index (κ2) is 9.10. The summed E-state index contributed by atoms with van der Waals surface area (Å²) in [7, 11) is 3.87. The van der Waals surface area contributed by atoms with Crippen LogP contribution in [0.5, 0.6) is 0 Å². The molecular formula is C15H24BrN3O. The molecule has 4 nitrogen and oxygen atoms in total. The zero-order valence-corrected chi connectivity index (χ0v) is 13.9. The van der Waals surface area contributed by atoms with Crippen LogP contribution < -0.4 is 5.73 Å². The van der Waals surface area contributed by atoms with Crippen LogP contribution in [0, 0.1) is 0 Å². The first-order valence-corrected chi connectivity index (χ1v) is 7.70. The number of hydrogen-bond acceptors (Lipinski definition) is 3. The average Bonchev–Trinajstić information content (AvgIpc) is 2.44. The molecule has 1 amide bonds. The van der Waals surface area contributed by atoms with Crippen LogP contribution in [0.2, 0.25) is 0 Å². The van der Waals surface area contributed by atoms with Gasteiger partial charge in [0, 0.05) is 37.6 Å². The number of nitrogens with zero attached hydrogens (tertiary/aromatic N) is 2. The van der Waals surface area contributed by atoms with E-state index in [1.165, 1.54) is 5.56 Å². The Balaban J connectivity index is 2.34. The molecule has 1 rings (SSSR count). The third-order valence-electron chi connectivity index (χ3n) is 3.23. The summed E-state index contributed by atoms with van der Waals surface area (Å²) in [6, 6.07) is 8.16. The van der Waals surface area contributed by atoms with E-state index in [0.717, 1.165) is 30.5 Å². The van der Waals surface area contributed by atoms with Crippen LogP contribution in [0.25, 0.3) is 0 Å². The Morgan fingerprint density at radius 1 is 1.25 bits per heavy atom. The summed E-state index contributed by atoms with van der Waals surface area (Å²) in [5, 5.41) is 0. The smallest absolute Gasteiger partial charge is 0.223 e. The fourth-order valence-corrected chi connectivity index (χ4v) is 2.34. The summed E-state index contributed by atoms with van der Waals surface area (Å²) in [6.07, 6.45) is 1.40. The molecule has 1 aromatic carbocycles. The normalized spacial score (nSPS) is 10.8. The van der Waals surface area contributed by atoms with Crippen LogP contribution >= 0.6 is 15.9 Å². The van der Waals surface area contributed by atoms with Crippen LogP contribution in [0.4, 0.5) is 0 Å². The molecule has 0 aliphatic carbocycles. The molecule has 112 valence electrons. The Morgan fingerprint density at radius 3 is 2.60 bits per heavy atom. The zero-order chi connectivity index (χ0) is 15.0. The Morgan fingerprint density at radius 2 is 1.95 bits per heavy atom. The van der Waals surface area contributed by atoms with E-state index >= 15 is 0 Å². The maximum Gasteiger partial charge on any atom is 0.223 e. The van der Waals surface area contributed by atoms with Crippen molar-refractivity contribution in [2.24, 2.45) is 5.73 Å². The summed E-state index contributed by atoms with van der Waals surface area (Å²) in [6.45, 7) is 2.96. The van der Waals surface area contributed by atoms with Crippen molar-refractivity contribution in [1.29, 1.82) is 0 Å². The lowest BCUT2D eigenvalue weighted by molar-refractivity contribution is -0.130.